The molecule has 5 nitrogen and oxygen atoms in total. The maximum Gasteiger partial charge on any atom is 0.320 e. The van der Waals surface area contributed by atoms with E-state index in [2.05, 4.69) is 5.32 Å². The van der Waals surface area contributed by atoms with Gasteiger partial charge in [-0.1, -0.05) is 44.2 Å². The van der Waals surface area contributed by atoms with E-state index in [-0.39, 0.29) is 18.4 Å². The van der Waals surface area contributed by atoms with Crippen LogP contribution in [0.15, 0.2) is 30.3 Å². The molecule has 0 saturated carbocycles. The van der Waals surface area contributed by atoms with E-state index in [0.29, 0.717) is 13.1 Å². The maximum atomic E-state index is 12.2. The Bertz CT molecular complexity index is 460. The van der Waals surface area contributed by atoms with E-state index in [1.54, 1.807) is 4.90 Å². The molecule has 1 aromatic rings. The SMILES string of the molecule is CCN(Cc1ccccc1)C(=O)CNC(C(=O)O)C(C)C. The highest BCUT2D eigenvalue weighted by Gasteiger charge is 2.22. The molecular formula is C16H24N2O3. The monoisotopic (exact) mass is 292 g/mol. The molecule has 1 unspecified atom stereocenters. The molecule has 1 amide bonds. The minimum Gasteiger partial charge on any atom is -0.480 e. The summed E-state index contributed by atoms with van der Waals surface area (Å²) in [5.74, 6) is -1.09. The van der Waals surface area contributed by atoms with Gasteiger partial charge in [0.05, 0.1) is 6.54 Å². The molecule has 1 atom stereocenters. The van der Waals surface area contributed by atoms with Crippen molar-refractivity contribution < 1.29 is 14.7 Å². The molecule has 0 radical (unpaired) electrons. The first-order chi connectivity index (χ1) is 9.95. The molecule has 116 valence electrons. The van der Waals surface area contributed by atoms with Crippen LogP contribution in [0.5, 0.6) is 0 Å². The molecule has 0 aliphatic rings. The van der Waals surface area contributed by atoms with Gasteiger partial charge < -0.3 is 10.0 Å². The quantitative estimate of drug-likeness (QED) is 0.765. The summed E-state index contributed by atoms with van der Waals surface area (Å²) in [6.45, 7) is 6.72. The first kappa shape index (κ1) is 17.2. The number of likely N-dealkylation sites (N-methyl/N-ethyl adjacent to an activating group) is 1. The van der Waals surface area contributed by atoms with E-state index in [1.807, 2.05) is 51.1 Å². The summed E-state index contributed by atoms with van der Waals surface area (Å²) in [6.07, 6.45) is 0. The fourth-order valence-corrected chi connectivity index (χ4v) is 2.10. The van der Waals surface area contributed by atoms with E-state index in [9.17, 15) is 9.59 Å². The van der Waals surface area contributed by atoms with Gasteiger partial charge in [0.25, 0.3) is 0 Å². The van der Waals surface area contributed by atoms with Crippen LogP contribution in [-0.4, -0.2) is 41.0 Å². The Morgan fingerprint density at radius 3 is 2.33 bits per heavy atom. The number of carbonyl (C=O) groups excluding carboxylic acids is 1. The van der Waals surface area contributed by atoms with Gasteiger partial charge in [0.15, 0.2) is 0 Å². The van der Waals surface area contributed by atoms with Gasteiger partial charge in [0.2, 0.25) is 5.91 Å². The lowest BCUT2D eigenvalue weighted by Crippen LogP contribution is -2.46. The van der Waals surface area contributed by atoms with Crippen LogP contribution in [-0.2, 0) is 16.1 Å². The fourth-order valence-electron chi connectivity index (χ4n) is 2.10. The number of nitrogens with zero attached hydrogens (tertiary/aromatic N) is 1. The van der Waals surface area contributed by atoms with E-state index >= 15 is 0 Å². The van der Waals surface area contributed by atoms with Gasteiger partial charge >= 0.3 is 5.97 Å². The standard InChI is InChI=1S/C16H24N2O3/c1-4-18(11-13-8-6-5-7-9-13)14(19)10-17-15(12(2)3)16(20)21/h5-9,12,15,17H,4,10-11H2,1-3H3,(H,20,21). The molecule has 21 heavy (non-hydrogen) atoms. The number of hydrogen-bond acceptors (Lipinski definition) is 3. The summed E-state index contributed by atoms with van der Waals surface area (Å²) in [5, 5.41) is 11.9. The Morgan fingerprint density at radius 1 is 1.24 bits per heavy atom. The maximum absolute atomic E-state index is 12.2. The van der Waals surface area contributed by atoms with E-state index in [4.69, 9.17) is 5.11 Å². The average molecular weight is 292 g/mol. The van der Waals surface area contributed by atoms with Gasteiger partial charge in [0.1, 0.15) is 6.04 Å². The number of aliphatic carboxylic acids is 1. The Kier molecular flexibility index (Phi) is 6.88. The Labute approximate surface area is 126 Å². The van der Waals surface area contributed by atoms with Crippen molar-refractivity contribution >= 4 is 11.9 Å². The van der Waals surface area contributed by atoms with Crippen LogP contribution in [0, 0.1) is 5.92 Å². The molecule has 1 aromatic carbocycles. The van der Waals surface area contributed by atoms with Gasteiger partial charge in [-0.2, -0.15) is 0 Å². The summed E-state index contributed by atoms with van der Waals surface area (Å²) in [4.78, 5) is 25.0. The summed E-state index contributed by atoms with van der Waals surface area (Å²) in [5.41, 5.74) is 1.06. The number of rotatable bonds is 8. The summed E-state index contributed by atoms with van der Waals surface area (Å²) >= 11 is 0. The predicted octanol–water partition coefficient (Wildman–Crippen LogP) is 1.73. The summed E-state index contributed by atoms with van der Waals surface area (Å²) in [7, 11) is 0. The summed E-state index contributed by atoms with van der Waals surface area (Å²) in [6, 6.07) is 9.04. The number of benzene rings is 1. The van der Waals surface area contributed by atoms with Crippen LogP contribution in [0.3, 0.4) is 0 Å². The highest BCUT2D eigenvalue weighted by Crippen LogP contribution is 2.05. The van der Waals surface area contributed by atoms with Crippen molar-refractivity contribution in [2.45, 2.75) is 33.4 Å². The van der Waals surface area contributed by atoms with E-state index < -0.39 is 12.0 Å². The molecule has 5 heteroatoms. The molecule has 0 aliphatic heterocycles. The van der Waals surface area contributed by atoms with Crippen molar-refractivity contribution in [3.8, 4) is 0 Å². The smallest absolute Gasteiger partial charge is 0.320 e. The lowest BCUT2D eigenvalue weighted by molar-refractivity contribution is -0.141. The molecular weight excluding hydrogens is 268 g/mol. The van der Waals surface area contributed by atoms with Crippen molar-refractivity contribution in [1.82, 2.24) is 10.2 Å². The van der Waals surface area contributed by atoms with Crippen LogP contribution >= 0.6 is 0 Å². The zero-order valence-corrected chi connectivity index (χ0v) is 12.9. The molecule has 2 N–H and O–H groups in total. The van der Waals surface area contributed by atoms with Crippen molar-refractivity contribution in [3.63, 3.8) is 0 Å². The molecule has 0 spiro atoms. The molecule has 0 bridgehead atoms. The molecule has 0 heterocycles. The van der Waals surface area contributed by atoms with Gasteiger partial charge in [-0.15, -0.1) is 0 Å². The first-order valence-corrected chi connectivity index (χ1v) is 7.23. The Morgan fingerprint density at radius 2 is 1.86 bits per heavy atom. The highest BCUT2D eigenvalue weighted by atomic mass is 16.4. The predicted molar refractivity (Wildman–Crippen MR) is 81.8 cm³/mol. The van der Waals surface area contributed by atoms with Gasteiger partial charge in [-0.3, -0.25) is 14.9 Å². The molecule has 0 saturated heterocycles. The first-order valence-electron chi connectivity index (χ1n) is 7.23. The van der Waals surface area contributed by atoms with Gasteiger partial charge in [-0.25, -0.2) is 0 Å². The molecule has 0 aromatic heterocycles. The van der Waals surface area contributed by atoms with Crippen LogP contribution in [0.2, 0.25) is 0 Å². The summed E-state index contributed by atoms with van der Waals surface area (Å²) < 4.78 is 0. The fraction of sp³-hybridized carbons (Fsp3) is 0.500. The van der Waals surface area contributed by atoms with Crippen molar-refractivity contribution in [2.24, 2.45) is 5.92 Å². The number of hydrogen-bond donors (Lipinski definition) is 2. The Balaban J connectivity index is 2.57. The van der Waals surface area contributed by atoms with Gasteiger partial charge in [-0.05, 0) is 18.4 Å². The van der Waals surface area contributed by atoms with Crippen LogP contribution in [0.25, 0.3) is 0 Å². The Hall–Kier alpha value is -1.88. The van der Waals surface area contributed by atoms with Crippen molar-refractivity contribution in [2.75, 3.05) is 13.1 Å². The topological polar surface area (TPSA) is 69.6 Å². The number of carbonyl (C=O) groups is 2. The second-order valence-electron chi connectivity index (χ2n) is 5.33. The molecule has 0 aliphatic carbocycles. The van der Waals surface area contributed by atoms with Crippen LogP contribution in [0.4, 0.5) is 0 Å². The third kappa shape index (κ3) is 5.55. The van der Waals surface area contributed by atoms with Crippen LogP contribution < -0.4 is 5.32 Å². The number of carboxylic acid groups (broad SMARTS) is 1. The molecule has 1 rings (SSSR count). The van der Waals surface area contributed by atoms with Crippen molar-refractivity contribution in [1.29, 1.82) is 0 Å². The minimum atomic E-state index is -0.927. The third-order valence-corrected chi connectivity index (χ3v) is 3.36. The zero-order valence-electron chi connectivity index (χ0n) is 12.9. The minimum absolute atomic E-state index is 0.0375. The number of carboxylic acids is 1. The van der Waals surface area contributed by atoms with E-state index in [1.165, 1.54) is 0 Å². The second-order valence-corrected chi connectivity index (χ2v) is 5.33. The lowest BCUT2D eigenvalue weighted by Gasteiger charge is -2.23. The van der Waals surface area contributed by atoms with E-state index in [0.717, 1.165) is 5.56 Å². The van der Waals surface area contributed by atoms with Crippen molar-refractivity contribution in [3.05, 3.63) is 35.9 Å². The zero-order chi connectivity index (χ0) is 15.8. The van der Waals surface area contributed by atoms with Crippen LogP contribution in [0.1, 0.15) is 26.3 Å². The normalized spacial score (nSPS) is 12.2. The average Bonchev–Trinajstić information content (AvgIpc) is 2.45. The number of amides is 1. The second kappa shape index (κ2) is 8.42. The molecule has 0 fully saturated rings. The highest BCUT2D eigenvalue weighted by molar-refractivity contribution is 5.80. The largest absolute Gasteiger partial charge is 0.480 e. The number of nitrogens with one attached hydrogen (secondary N) is 1. The van der Waals surface area contributed by atoms with Gasteiger partial charge in [0, 0.05) is 13.1 Å². The third-order valence-electron chi connectivity index (χ3n) is 3.36. The lowest BCUT2D eigenvalue weighted by atomic mass is 10.1.